The zero-order valence-electron chi connectivity index (χ0n) is 15.5. The van der Waals surface area contributed by atoms with Crippen molar-refractivity contribution < 1.29 is 13.2 Å². The molecule has 0 spiro atoms. The highest BCUT2D eigenvalue weighted by Crippen LogP contribution is 2.30. The molecule has 1 aromatic carbocycles. The van der Waals surface area contributed by atoms with E-state index in [1.54, 1.807) is 6.07 Å². The van der Waals surface area contributed by atoms with Crippen molar-refractivity contribution in [2.24, 2.45) is 0 Å². The van der Waals surface area contributed by atoms with Gasteiger partial charge in [-0.05, 0) is 49.4 Å². The Kier molecular flexibility index (Phi) is 6.82. The first-order valence-electron chi connectivity index (χ1n) is 8.68. The molecular weight excluding hydrogens is 381 g/mol. The minimum atomic E-state index is -4.40. The van der Waals surface area contributed by atoms with E-state index in [1.165, 1.54) is 10.7 Å². The third-order valence-electron chi connectivity index (χ3n) is 4.82. The predicted molar refractivity (Wildman–Crippen MR) is 98.0 cm³/mol. The van der Waals surface area contributed by atoms with Gasteiger partial charge in [-0.15, -0.1) is 17.5 Å². The van der Waals surface area contributed by atoms with Gasteiger partial charge in [-0.3, -0.25) is 9.80 Å². The summed E-state index contributed by atoms with van der Waals surface area (Å²) in [4.78, 5) is 4.67. The first-order chi connectivity index (χ1) is 12.3. The van der Waals surface area contributed by atoms with Crippen LogP contribution in [0, 0.1) is 0 Å². The normalized spacial score (nSPS) is 19.3. The molecule has 0 unspecified atom stereocenters. The fourth-order valence-corrected chi connectivity index (χ4v) is 3.23. The van der Waals surface area contributed by atoms with Crippen LogP contribution in [0.25, 0.3) is 5.69 Å². The molecule has 0 amide bonds. The first kappa shape index (κ1) is 21.6. The molecule has 10 heteroatoms. The Labute approximate surface area is 162 Å². The number of piperazine rings is 1. The maximum absolute atomic E-state index is 13.0. The average Bonchev–Trinajstić information content (AvgIpc) is 3.04. The highest BCUT2D eigenvalue weighted by atomic mass is 35.5. The van der Waals surface area contributed by atoms with Gasteiger partial charge in [0, 0.05) is 31.7 Å². The number of nitrogens with zero attached hydrogens (tertiary/aromatic N) is 6. The largest absolute Gasteiger partial charge is 0.416 e. The Balaban J connectivity index is 0.00000261. The number of hydrogen-bond donors (Lipinski definition) is 0. The minimum Gasteiger partial charge on any atom is -0.298 e. The summed E-state index contributed by atoms with van der Waals surface area (Å²) < 4.78 is 40.3. The van der Waals surface area contributed by atoms with E-state index in [4.69, 9.17) is 0 Å². The summed E-state index contributed by atoms with van der Waals surface area (Å²) in [6, 6.07) is 5.87. The minimum absolute atomic E-state index is 0. The number of hydrogen-bond acceptors (Lipinski definition) is 5. The second-order valence-corrected chi connectivity index (χ2v) is 6.96. The fraction of sp³-hybridized carbons (Fsp3) is 0.588. The van der Waals surface area contributed by atoms with Gasteiger partial charge in [-0.25, -0.2) is 0 Å². The second kappa shape index (κ2) is 8.53. The topological polar surface area (TPSA) is 50.1 Å². The van der Waals surface area contributed by atoms with E-state index < -0.39 is 11.7 Å². The van der Waals surface area contributed by atoms with Crippen molar-refractivity contribution in [1.29, 1.82) is 0 Å². The maximum atomic E-state index is 13.0. The monoisotopic (exact) mass is 404 g/mol. The molecule has 1 fully saturated rings. The summed E-state index contributed by atoms with van der Waals surface area (Å²) in [5.74, 6) is 0.536. The lowest BCUT2D eigenvalue weighted by Crippen LogP contribution is -2.53. The molecule has 2 heterocycles. The van der Waals surface area contributed by atoms with Crippen LogP contribution in [0.4, 0.5) is 13.2 Å². The predicted octanol–water partition coefficient (Wildman–Crippen LogP) is 3.02. The zero-order chi connectivity index (χ0) is 18.9. The van der Waals surface area contributed by atoms with Gasteiger partial charge >= 0.3 is 6.18 Å². The van der Waals surface area contributed by atoms with Crippen LogP contribution in [-0.4, -0.2) is 61.7 Å². The smallest absolute Gasteiger partial charge is 0.298 e. The van der Waals surface area contributed by atoms with Gasteiger partial charge in [0.05, 0.1) is 17.8 Å². The molecule has 1 atom stereocenters. The molecule has 1 saturated heterocycles. The second-order valence-electron chi connectivity index (χ2n) is 6.96. The van der Waals surface area contributed by atoms with Gasteiger partial charge in [-0.2, -0.15) is 17.9 Å². The molecule has 0 N–H and O–H groups in total. The van der Waals surface area contributed by atoms with Crippen molar-refractivity contribution in [3.05, 3.63) is 35.7 Å². The van der Waals surface area contributed by atoms with E-state index in [0.29, 0.717) is 30.1 Å². The molecular formula is C17H24ClF3N6. The Morgan fingerprint density at radius 1 is 1.22 bits per heavy atom. The molecule has 1 aromatic heterocycles. The molecule has 0 saturated carbocycles. The number of aromatic nitrogens is 4. The van der Waals surface area contributed by atoms with E-state index in [1.807, 2.05) is 0 Å². The van der Waals surface area contributed by atoms with Crippen LogP contribution >= 0.6 is 12.4 Å². The van der Waals surface area contributed by atoms with Crippen LogP contribution in [0.1, 0.15) is 32.2 Å². The number of benzene rings is 1. The summed E-state index contributed by atoms with van der Waals surface area (Å²) in [5, 5.41) is 11.6. The van der Waals surface area contributed by atoms with E-state index in [2.05, 4.69) is 46.1 Å². The van der Waals surface area contributed by atoms with Gasteiger partial charge < -0.3 is 0 Å². The SMILES string of the molecule is CC(C)N1CCN(Cc2nnnn2-c2cccc(C(F)(F)F)c2)[C@H](C)C1.Cl. The Morgan fingerprint density at radius 3 is 2.59 bits per heavy atom. The third kappa shape index (κ3) is 4.97. The summed E-state index contributed by atoms with van der Waals surface area (Å²) >= 11 is 0. The summed E-state index contributed by atoms with van der Waals surface area (Å²) in [6.07, 6.45) is -4.40. The van der Waals surface area contributed by atoms with Gasteiger partial charge in [0.1, 0.15) is 0 Å². The molecule has 3 rings (SSSR count). The van der Waals surface area contributed by atoms with Crippen LogP contribution in [-0.2, 0) is 12.7 Å². The lowest BCUT2D eigenvalue weighted by Gasteiger charge is -2.41. The molecule has 27 heavy (non-hydrogen) atoms. The van der Waals surface area contributed by atoms with Crippen LogP contribution in [0.5, 0.6) is 0 Å². The quantitative estimate of drug-likeness (QED) is 0.784. The highest BCUT2D eigenvalue weighted by Gasteiger charge is 2.31. The lowest BCUT2D eigenvalue weighted by atomic mass is 10.1. The molecule has 0 bridgehead atoms. The summed E-state index contributed by atoms with van der Waals surface area (Å²) in [6.45, 7) is 9.77. The van der Waals surface area contributed by atoms with Crippen LogP contribution in [0.3, 0.4) is 0 Å². The van der Waals surface area contributed by atoms with Crippen molar-refractivity contribution in [3.8, 4) is 5.69 Å². The van der Waals surface area contributed by atoms with Gasteiger partial charge in [0.15, 0.2) is 5.82 Å². The van der Waals surface area contributed by atoms with Crippen molar-refractivity contribution in [2.45, 2.75) is 45.6 Å². The summed E-state index contributed by atoms with van der Waals surface area (Å²) in [5.41, 5.74) is -0.399. The number of halogens is 4. The molecule has 0 aliphatic carbocycles. The fourth-order valence-electron chi connectivity index (χ4n) is 3.23. The Morgan fingerprint density at radius 2 is 1.96 bits per heavy atom. The average molecular weight is 405 g/mol. The van der Waals surface area contributed by atoms with Crippen molar-refractivity contribution in [2.75, 3.05) is 19.6 Å². The van der Waals surface area contributed by atoms with Gasteiger partial charge in [-0.1, -0.05) is 6.07 Å². The van der Waals surface area contributed by atoms with E-state index in [0.717, 1.165) is 31.8 Å². The van der Waals surface area contributed by atoms with Crippen molar-refractivity contribution >= 4 is 12.4 Å². The first-order valence-corrected chi connectivity index (χ1v) is 8.68. The molecule has 1 aliphatic rings. The maximum Gasteiger partial charge on any atom is 0.416 e. The molecule has 150 valence electrons. The third-order valence-corrected chi connectivity index (χ3v) is 4.82. The number of alkyl halides is 3. The highest BCUT2D eigenvalue weighted by molar-refractivity contribution is 5.85. The number of rotatable bonds is 4. The van der Waals surface area contributed by atoms with Crippen LogP contribution in [0.15, 0.2) is 24.3 Å². The van der Waals surface area contributed by atoms with Crippen LogP contribution < -0.4 is 0 Å². The lowest BCUT2D eigenvalue weighted by molar-refractivity contribution is -0.137. The Bertz CT molecular complexity index is 748. The standard InChI is InChI=1S/C17H23F3N6.ClH/c1-12(2)24-7-8-25(13(3)10-24)11-16-21-22-23-26(16)15-6-4-5-14(9-15)17(18,19)20;/h4-6,9,12-13H,7-8,10-11H2,1-3H3;1H/t13-;/m1./s1. The van der Waals surface area contributed by atoms with Crippen LogP contribution in [0.2, 0.25) is 0 Å². The van der Waals surface area contributed by atoms with Gasteiger partial charge in [0.25, 0.3) is 0 Å². The van der Waals surface area contributed by atoms with Crippen molar-refractivity contribution in [3.63, 3.8) is 0 Å². The number of tetrazole rings is 1. The van der Waals surface area contributed by atoms with E-state index in [9.17, 15) is 13.2 Å². The summed E-state index contributed by atoms with van der Waals surface area (Å²) in [7, 11) is 0. The molecule has 2 aromatic rings. The van der Waals surface area contributed by atoms with E-state index in [-0.39, 0.29) is 12.4 Å². The molecule has 0 radical (unpaired) electrons. The van der Waals surface area contributed by atoms with E-state index >= 15 is 0 Å². The molecule has 6 nitrogen and oxygen atoms in total. The Hall–Kier alpha value is -1.71. The zero-order valence-corrected chi connectivity index (χ0v) is 16.3. The van der Waals surface area contributed by atoms with Crippen molar-refractivity contribution in [1.82, 2.24) is 30.0 Å². The molecule has 1 aliphatic heterocycles. The van der Waals surface area contributed by atoms with Gasteiger partial charge in [0.2, 0.25) is 0 Å².